The molecule has 2 unspecified atom stereocenters. The van der Waals surface area contributed by atoms with Gasteiger partial charge in [-0.15, -0.1) is 11.8 Å². The molecular weight excluding hydrogens is 464 g/mol. The lowest BCUT2D eigenvalue weighted by Crippen LogP contribution is -2.54. The van der Waals surface area contributed by atoms with Gasteiger partial charge in [0.1, 0.15) is 18.7 Å². The van der Waals surface area contributed by atoms with E-state index in [1.54, 1.807) is 0 Å². The normalized spacial score (nSPS) is 19.8. The fraction of sp³-hybridized carbons (Fsp3) is 0.444. The Morgan fingerprint density at radius 1 is 1.09 bits per heavy atom. The van der Waals surface area contributed by atoms with Crippen molar-refractivity contribution in [2.24, 2.45) is 5.92 Å². The predicted octanol–water partition coefficient (Wildman–Crippen LogP) is 4.70. The van der Waals surface area contributed by atoms with Crippen LogP contribution < -0.4 is 5.32 Å². The summed E-state index contributed by atoms with van der Waals surface area (Å²) in [6.45, 7) is 6.00. The molecule has 2 aliphatic rings. The van der Waals surface area contributed by atoms with Crippen LogP contribution in [-0.2, 0) is 14.3 Å². The number of amides is 2. The van der Waals surface area contributed by atoms with Crippen LogP contribution in [0.15, 0.2) is 48.5 Å². The van der Waals surface area contributed by atoms with Crippen LogP contribution in [0, 0.1) is 5.92 Å². The second kappa shape index (κ2) is 10.7. The van der Waals surface area contributed by atoms with Crippen LogP contribution in [0.2, 0.25) is 0 Å². The van der Waals surface area contributed by atoms with Crippen LogP contribution in [0.5, 0.6) is 0 Å². The minimum atomic E-state index is -1.02. The van der Waals surface area contributed by atoms with Crippen molar-refractivity contribution >= 4 is 29.7 Å². The molecular formula is C27H32N2O5S. The summed E-state index contributed by atoms with van der Waals surface area (Å²) in [4.78, 5) is 39.6. The molecule has 1 aliphatic carbocycles. The monoisotopic (exact) mass is 496 g/mol. The molecule has 1 heterocycles. The first kappa shape index (κ1) is 25.1. The van der Waals surface area contributed by atoms with Crippen LogP contribution in [0.25, 0.3) is 11.1 Å². The van der Waals surface area contributed by atoms with E-state index in [0.29, 0.717) is 18.6 Å². The summed E-state index contributed by atoms with van der Waals surface area (Å²) >= 11 is 1.46. The number of nitrogens with zero attached hydrogens (tertiary/aromatic N) is 1. The van der Waals surface area contributed by atoms with Gasteiger partial charge in [-0.25, -0.2) is 9.59 Å². The molecule has 8 heteroatoms. The Bertz CT molecular complexity index is 1060. The first-order valence-corrected chi connectivity index (χ1v) is 13.1. The maximum Gasteiger partial charge on any atom is 0.407 e. The summed E-state index contributed by atoms with van der Waals surface area (Å²) in [5.41, 5.74) is 4.50. The zero-order chi connectivity index (χ0) is 25.1. The average Bonchev–Trinajstić information content (AvgIpc) is 3.41. The summed E-state index contributed by atoms with van der Waals surface area (Å²) in [5, 5.41) is 12.2. The highest BCUT2D eigenvalue weighted by Crippen LogP contribution is 2.44. The van der Waals surface area contributed by atoms with Gasteiger partial charge in [-0.3, -0.25) is 4.79 Å². The number of carbonyl (C=O) groups is 3. The summed E-state index contributed by atoms with van der Waals surface area (Å²) < 4.78 is 5.65. The third kappa shape index (κ3) is 5.17. The minimum absolute atomic E-state index is 0.0803. The van der Waals surface area contributed by atoms with Crippen molar-refractivity contribution in [2.75, 3.05) is 12.4 Å². The zero-order valence-corrected chi connectivity index (χ0v) is 21.1. The number of aliphatic carboxylic acids is 1. The second-order valence-corrected chi connectivity index (χ2v) is 10.7. The topological polar surface area (TPSA) is 95.9 Å². The summed E-state index contributed by atoms with van der Waals surface area (Å²) in [7, 11) is 0. The number of carboxylic acids is 1. The summed E-state index contributed by atoms with van der Waals surface area (Å²) in [5.74, 6) is -0.999. The van der Waals surface area contributed by atoms with Gasteiger partial charge in [0.25, 0.3) is 0 Å². The van der Waals surface area contributed by atoms with Gasteiger partial charge in [-0.2, -0.15) is 0 Å². The van der Waals surface area contributed by atoms with Crippen LogP contribution >= 0.6 is 11.8 Å². The van der Waals surface area contributed by atoms with E-state index in [1.165, 1.54) is 16.7 Å². The number of carboxylic acid groups (broad SMARTS) is 1. The molecule has 1 aliphatic heterocycles. The van der Waals surface area contributed by atoms with E-state index in [1.807, 2.05) is 57.2 Å². The van der Waals surface area contributed by atoms with Crippen molar-refractivity contribution in [1.29, 1.82) is 0 Å². The molecule has 35 heavy (non-hydrogen) atoms. The number of carbonyl (C=O) groups excluding carboxylic acids is 2. The van der Waals surface area contributed by atoms with Gasteiger partial charge >= 0.3 is 12.1 Å². The lowest BCUT2D eigenvalue weighted by atomic mass is 9.98. The maximum absolute atomic E-state index is 13.5. The van der Waals surface area contributed by atoms with Crippen molar-refractivity contribution < 1.29 is 24.2 Å². The smallest absolute Gasteiger partial charge is 0.407 e. The van der Waals surface area contributed by atoms with Gasteiger partial charge in [-0.05, 0) is 41.0 Å². The number of hydrogen-bond acceptors (Lipinski definition) is 5. The molecule has 0 aromatic heterocycles. The van der Waals surface area contributed by atoms with Crippen LogP contribution in [0.3, 0.4) is 0 Å². The first-order chi connectivity index (χ1) is 16.8. The molecule has 2 aromatic rings. The Morgan fingerprint density at radius 3 is 2.23 bits per heavy atom. The molecule has 1 fully saturated rings. The summed E-state index contributed by atoms with van der Waals surface area (Å²) in [6.07, 6.45) is 0.365. The van der Waals surface area contributed by atoms with E-state index in [9.17, 15) is 19.5 Å². The van der Waals surface area contributed by atoms with Crippen molar-refractivity contribution in [1.82, 2.24) is 10.2 Å². The number of rotatable bonds is 8. The molecule has 2 amide bonds. The third-order valence-electron chi connectivity index (χ3n) is 6.62. The zero-order valence-electron chi connectivity index (χ0n) is 20.3. The molecule has 0 bridgehead atoms. The van der Waals surface area contributed by atoms with Crippen molar-refractivity contribution in [3.8, 4) is 11.1 Å². The third-order valence-corrected chi connectivity index (χ3v) is 8.08. The number of fused-ring (bicyclic) bond motifs is 3. The lowest BCUT2D eigenvalue weighted by molar-refractivity contribution is -0.150. The highest BCUT2D eigenvalue weighted by atomic mass is 32.2. The molecule has 0 radical (unpaired) electrons. The maximum atomic E-state index is 13.5. The molecule has 1 saturated heterocycles. The molecule has 4 rings (SSSR count). The van der Waals surface area contributed by atoms with E-state index in [2.05, 4.69) is 17.4 Å². The van der Waals surface area contributed by atoms with E-state index in [0.717, 1.165) is 22.3 Å². The SMILES string of the molecule is CCC1SCC(C(=O)O)N1C(=O)[C@@H](CC(C)C)NC(=O)OCC1c2ccccc2-c2ccccc21. The lowest BCUT2D eigenvalue weighted by Gasteiger charge is -2.31. The molecule has 2 N–H and O–H groups in total. The van der Waals surface area contributed by atoms with E-state index < -0.39 is 24.1 Å². The molecule has 7 nitrogen and oxygen atoms in total. The van der Waals surface area contributed by atoms with Crippen LogP contribution in [0.1, 0.15) is 50.7 Å². The van der Waals surface area contributed by atoms with E-state index >= 15 is 0 Å². The van der Waals surface area contributed by atoms with Gasteiger partial charge < -0.3 is 20.1 Å². The fourth-order valence-electron chi connectivity index (χ4n) is 5.02. The van der Waals surface area contributed by atoms with Gasteiger partial charge in [0.05, 0.1) is 5.37 Å². The van der Waals surface area contributed by atoms with Gasteiger partial charge in [0, 0.05) is 11.7 Å². The molecule has 186 valence electrons. The molecule has 0 saturated carbocycles. The number of alkyl carbamates (subject to hydrolysis) is 1. The quantitative estimate of drug-likeness (QED) is 0.550. The minimum Gasteiger partial charge on any atom is -0.480 e. The standard InChI is InChI=1S/C27H32N2O5S/c1-4-24-29(23(15-35-24)26(31)32)25(30)22(13-16(2)3)28-27(33)34-14-21-19-11-7-5-9-17(19)18-10-6-8-12-20(18)21/h5-12,16,21-24H,4,13-15H2,1-3H3,(H,28,33)(H,31,32)/t22-,23?,24?/m1/s1. The van der Waals surface area contributed by atoms with Crippen molar-refractivity contribution in [3.63, 3.8) is 0 Å². The molecule has 2 aromatic carbocycles. The average molecular weight is 497 g/mol. The highest BCUT2D eigenvalue weighted by molar-refractivity contribution is 8.00. The number of benzene rings is 2. The first-order valence-electron chi connectivity index (χ1n) is 12.1. The Labute approximate surface area is 210 Å². The van der Waals surface area contributed by atoms with Gasteiger partial charge in [0.15, 0.2) is 0 Å². The Balaban J connectivity index is 1.47. The second-order valence-electron chi connectivity index (χ2n) is 9.45. The van der Waals surface area contributed by atoms with Crippen LogP contribution in [-0.4, -0.2) is 57.8 Å². The number of thioether (sulfide) groups is 1. The number of ether oxygens (including phenoxy) is 1. The number of nitrogens with one attached hydrogen (secondary N) is 1. The van der Waals surface area contributed by atoms with Gasteiger partial charge in [-0.1, -0.05) is 69.3 Å². The Hall–Kier alpha value is -3.00. The van der Waals surface area contributed by atoms with Gasteiger partial charge in [0.2, 0.25) is 5.91 Å². The molecule has 3 atom stereocenters. The largest absolute Gasteiger partial charge is 0.480 e. The number of hydrogen-bond donors (Lipinski definition) is 2. The fourth-order valence-corrected chi connectivity index (χ4v) is 6.37. The van der Waals surface area contributed by atoms with E-state index in [-0.39, 0.29) is 29.7 Å². The van der Waals surface area contributed by atoms with Crippen LogP contribution in [0.4, 0.5) is 4.79 Å². The highest BCUT2D eigenvalue weighted by Gasteiger charge is 2.43. The van der Waals surface area contributed by atoms with Crippen molar-refractivity contribution in [3.05, 3.63) is 59.7 Å². The van der Waals surface area contributed by atoms with E-state index in [4.69, 9.17) is 4.74 Å². The van der Waals surface area contributed by atoms with Crippen molar-refractivity contribution in [2.45, 2.75) is 57.0 Å². The Kier molecular flexibility index (Phi) is 7.69. The molecule has 0 spiro atoms. The Morgan fingerprint density at radius 2 is 1.69 bits per heavy atom. The summed E-state index contributed by atoms with van der Waals surface area (Å²) in [6, 6.07) is 14.5. The predicted molar refractivity (Wildman–Crippen MR) is 136 cm³/mol.